The average Bonchev–Trinajstić information content (AvgIpc) is 2.01. The zero-order valence-corrected chi connectivity index (χ0v) is 6.82. The van der Waals surface area contributed by atoms with Gasteiger partial charge in [0.1, 0.15) is 0 Å². The third-order valence-corrected chi connectivity index (χ3v) is 2.11. The van der Waals surface area contributed by atoms with Gasteiger partial charge in [0.25, 0.3) is 0 Å². The Bertz CT molecular complexity index is 170. The van der Waals surface area contributed by atoms with Crippen molar-refractivity contribution in [3.05, 3.63) is 0 Å². The summed E-state index contributed by atoms with van der Waals surface area (Å²) in [5.41, 5.74) is 0. The second-order valence-electron chi connectivity index (χ2n) is 3.03. The largest absolute Gasteiger partial charge is 0.479 e. The summed E-state index contributed by atoms with van der Waals surface area (Å²) < 4.78 is 5.19. The van der Waals surface area contributed by atoms with Crippen LogP contribution in [0.4, 0.5) is 0 Å². The Morgan fingerprint density at radius 2 is 2.27 bits per heavy atom. The third kappa shape index (κ3) is 1.45. The minimum atomic E-state index is -0.383. The summed E-state index contributed by atoms with van der Waals surface area (Å²) in [7, 11) is 0. The Kier molecular flexibility index (Phi) is 2.34. The van der Waals surface area contributed by atoms with Crippen LogP contribution in [0, 0.1) is 11.8 Å². The minimum Gasteiger partial charge on any atom is -0.479 e. The highest BCUT2D eigenvalue weighted by atomic mass is 16.5. The van der Waals surface area contributed by atoms with Crippen molar-refractivity contribution in [3.8, 4) is 0 Å². The highest BCUT2D eigenvalue weighted by molar-refractivity contribution is 5.79. The van der Waals surface area contributed by atoms with Gasteiger partial charge in [0.05, 0.1) is 18.6 Å². The molecule has 0 unspecified atom stereocenters. The van der Waals surface area contributed by atoms with E-state index in [4.69, 9.17) is 10.6 Å². The fourth-order valence-electron chi connectivity index (χ4n) is 1.24. The summed E-state index contributed by atoms with van der Waals surface area (Å²) in [6.45, 7) is 4.29. The van der Waals surface area contributed by atoms with E-state index in [2.05, 4.69) is 5.10 Å². The van der Waals surface area contributed by atoms with Crippen LogP contribution in [0.3, 0.4) is 0 Å². The molecule has 1 heterocycles. The maximum Gasteiger partial charge on any atom is 0.210 e. The molecule has 1 aliphatic rings. The molecular weight excluding hydrogens is 144 g/mol. The van der Waals surface area contributed by atoms with Gasteiger partial charge in [-0.15, -0.1) is 5.10 Å². The van der Waals surface area contributed by atoms with Crippen molar-refractivity contribution >= 4 is 5.90 Å². The van der Waals surface area contributed by atoms with E-state index >= 15 is 0 Å². The molecule has 0 aromatic heterocycles. The molecular formula is C7H14N2O2. The van der Waals surface area contributed by atoms with Crippen molar-refractivity contribution in [2.24, 2.45) is 22.8 Å². The molecule has 0 radical (unpaired) electrons. The number of hydrogen-bond acceptors (Lipinski definition) is 4. The lowest BCUT2D eigenvalue weighted by Crippen LogP contribution is -2.41. The van der Waals surface area contributed by atoms with Crippen LogP contribution < -0.4 is 5.84 Å². The second-order valence-corrected chi connectivity index (χ2v) is 3.03. The number of nitrogens with zero attached hydrogens (tertiary/aromatic N) is 1. The second kappa shape index (κ2) is 3.09. The van der Waals surface area contributed by atoms with Crippen LogP contribution in [0.1, 0.15) is 13.8 Å². The smallest absolute Gasteiger partial charge is 0.210 e. The zero-order valence-electron chi connectivity index (χ0n) is 6.82. The fraction of sp³-hybridized carbons (Fsp3) is 0.857. The lowest BCUT2D eigenvalue weighted by molar-refractivity contribution is 0.0211. The van der Waals surface area contributed by atoms with E-state index < -0.39 is 0 Å². The van der Waals surface area contributed by atoms with Crippen molar-refractivity contribution in [2.75, 3.05) is 6.61 Å². The van der Waals surface area contributed by atoms with Crippen LogP contribution in [0.15, 0.2) is 5.10 Å². The first-order valence-electron chi connectivity index (χ1n) is 3.75. The molecule has 0 bridgehead atoms. The molecule has 3 atom stereocenters. The lowest BCUT2D eigenvalue weighted by Gasteiger charge is -2.31. The Hall–Kier alpha value is -0.770. The van der Waals surface area contributed by atoms with Gasteiger partial charge in [0.15, 0.2) is 0 Å². The van der Waals surface area contributed by atoms with Gasteiger partial charge >= 0.3 is 0 Å². The molecule has 0 aromatic rings. The van der Waals surface area contributed by atoms with E-state index in [1.54, 1.807) is 0 Å². The minimum absolute atomic E-state index is 0.0799. The van der Waals surface area contributed by atoms with Gasteiger partial charge in [-0.1, -0.05) is 13.8 Å². The molecule has 4 heteroatoms. The van der Waals surface area contributed by atoms with Crippen LogP contribution in [-0.2, 0) is 4.74 Å². The summed E-state index contributed by atoms with van der Waals surface area (Å²) in [5.74, 6) is 5.59. The van der Waals surface area contributed by atoms with E-state index in [-0.39, 0.29) is 17.9 Å². The number of aliphatic hydroxyl groups is 1. The molecule has 0 aromatic carbocycles. The number of nitrogens with two attached hydrogens (primary N) is 1. The predicted molar refractivity (Wildman–Crippen MR) is 41.9 cm³/mol. The van der Waals surface area contributed by atoms with Crippen LogP contribution in [0.2, 0.25) is 0 Å². The highest BCUT2D eigenvalue weighted by Gasteiger charge is 2.31. The first kappa shape index (κ1) is 8.33. The summed E-state index contributed by atoms with van der Waals surface area (Å²) in [6.07, 6.45) is -0.383. The maximum atomic E-state index is 9.53. The van der Waals surface area contributed by atoms with Crippen molar-refractivity contribution in [2.45, 2.75) is 20.0 Å². The molecule has 11 heavy (non-hydrogen) atoms. The van der Waals surface area contributed by atoms with Crippen LogP contribution >= 0.6 is 0 Å². The molecule has 0 amide bonds. The molecule has 0 saturated carbocycles. The van der Waals surface area contributed by atoms with E-state index in [1.807, 2.05) is 13.8 Å². The van der Waals surface area contributed by atoms with E-state index in [0.717, 1.165) is 0 Å². The van der Waals surface area contributed by atoms with Crippen molar-refractivity contribution < 1.29 is 9.84 Å². The molecule has 1 aliphatic heterocycles. The topological polar surface area (TPSA) is 67.8 Å². The molecule has 1 saturated heterocycles. The van der Waals surface area contributed by atoms with Crippen LogP contribution in [0.25, 0.3) is 0 Å². The standard InChI is InChI=1S/C7H14N2O2/c1-4-3-11-7(9-8)5(2)6(4)10/h4-6,10H,3,8H2,1-2H3/b9-7+/t4-,5-,6+/m1/s1. The summed E-state index contributed by atoms with van der Waals surface area (Å²) in [6, 6.07) is 0. The first-order valence-corrected chi connectivity index (χ1v) is 3.75. The van der Waals surface area contributed by atoms with E-state index in [0.29, 0.717) is 12.5 Å². The molecule has 3 N–H and O–H groups in total. The first-order chi connectivity index (χ1) is 5.16. The number of ether oxygens (including phenoxy) is 1. The molecule has 4 nitrogen and oxygen atoms in total. The van der Waals surface area contributed by atoms with Gasteiger partial charge in [0.2, 0.25) is 5.90 Å². The summed E-state index contributed by atoms with van der Waals surface area (Å²) in [4.78, 5) is 0. The SMILES string of the molecule is C[C@@H]1CO/C(=N/N)[C@H](C)[C@H]1O. The van der Waals surface area contributed by atoms with Gasteiger partial charge < -0.3 is 15.7 Å². The number of rotatable bonds is 0. The Morgan fingerprint density at radius 3 is 2.82 bits per heavy atom. The van der Waals surface area contributed by atoms with Crippen molar-refractivity contribution in [1.29, 1.82) is 0 Å². The molecule has 0 spiro atoms. The van der Waals surface area contributed by atoms with Crippen molar-refractivity contribution in [3.63, 3.8) is 0 Å². The van der Waals surface area contributed by atoms with E-state index in [1.165, 1.54) is 0 Å². The van der Waals surface area contributed by atoms with Crippen LogP contribution in [-0.4, -0.2) is 23.7 Å². The fourth-order valence-corrected chi connectivity index (χ4v) is 1.24. The molecule has 1 fully saturated rings. The highest BCUT2D eigenvalue weighted by Crippen LogP contribution is 2.20. The summed E-state index contributed by atoms with van der Waals surface area (Å²) >= 11 is 0. The van der Waals surface area contributed by atoms with Gasteiger partial charge in [-0.05, 0) is 0 Å². The Balaban J connectivity index is 2.67. The quantitative estimate of drug-likeness (QED) is 0.383. The summed E-state index contributed by atoms with van der Waals surface area (Å²) in [5, 5.41) is 13.0. The normalized spacial score (nSPS) is 42.1. The van der Waals surface area contributed by atoms with Gasteiger partial charge in [-0.3, -0.25) is 0 Å². The lowest BCUT2D eigenvalue weighted by atomic mass is 9.91. The zero-order chi connectivity index (χ0) is 8.43. The van der Waals surface area contributed by atoms with E-state index in [9.17, 15) is 5.11 Å². The van der Waals surface area contributed by atoms with Gasteiger partial charge in [0, 0.05) is 5.92 Å². The third-order valence-electron chi connectivity index (χ3n) is 2.11. The Morgan fingerprint density at radius 1 is 1.64 bits per heavy atom. The number of hydrazone groups is 1. The monoisotopic (exact) mass is 158 g/mol. The average molecular weight is 158 g/mol. The molecule has 0 aliphatic carbocycles. The molecule has 1 rings (SSSR count). The number of hydrogen-bond donors (Lipinski definition) is 2. The predicted octanol–water partition coefficient (Wildman–Crippen LogP) is -0.0781. The maximum absolute atomic E-state index is 9.53. The van der Waals surface area contributed by atoms with Gasteiger partial charge in [-0.2, -0.15) is 0 Å². The van der Waals surface area contributed by atoms with Gasteiger partial charge in [-0.25, -0.2) is 0 Å². The van der Waals surface area contributed by atoms with Crippen LogP contribution in [0.5, 0.6) is 0 Å². The molecule has 64 valence electrons. The number of aliphatic hydroxyl groups excluding tert-OH is 1. The Labute approximate surface area is 66.0 Å². The van der Waals surface area contributed by atoms with Crippen molar-refractivity contribution in [1.82, 2.24) is 0 Å².